The molecule has 1 aromatic heterocycles. The third-order valence-electron chi connectivity index (χ3n) is 3.90. The fourth-order valence-corrected chi connectivity index (χ4v) is 2.39. The molecule has 1 atom stereocenters. The third-order valence-corrected chi connectivity index (χ3v) is 3.90. The molecule has 0 amide bonds. The number of rotatable bonds is 6. The van der Waals surface area contributed by atoms with Crippen molar-refractivity contribution in [3.63, 3.8) is 0 Å². The minimum atomic E-state index is -0.527. The first-order valence-electron chi connectivity index (χ1n) is 8.01. The van der Waals surface area contributed by atoms with Crippen LogP contribution < -0.4 is 10.1 Å². The Hall–Kier alpha value is -3.22. The molecule has 0 aliphatic heterocycles. The van der Waals surface area contributed by atoms with Crippen molar-refractivity contribution >= 4 is 22.3 Å². The minimum Gasteiger partial charge on any atom is -0.434 e. The SMILES string of the molecule is CCC(C)Nc1ncnc(Oc2ccc3ccccc3c2)c1[N+](=O)[O-]. The maximum atomic E-state index is 11.5. The van der Waals surface area contributed by atoms with Crippen molar-refractivity contribution < 1.29 is 9.66 Å². The highest BCUT2D eigenvalue weighted by molar-refractivity contribution is 5.83. The number of hydrogen-bond acceptors (Lipinski definition) is 6. The fourth-order valence-electron chi connectivity index (χ4n) is 2.39. The van der Waals surface area contributed by atoms with Gasteiger partial charge in [0, 0.05) is 6.04 Å². The molecule has 0 spiro atoms. The summed E-state index contributed by atoms with van der Waals surface area (Å²) in [5.74, 6) is 0.557. The van der Waals surface area contributed by atoms with E-state index >= 15 is 0 Å². The summed E-state index contributed by atoms with van der Waals surface area (Å²) < 4.78 is 5.70. The lowest BCUT2D eigenvalue weighted by molar-refractivity contribution is -0.385. The minimum absolute atomic E-state index is 0.0436. The van der Waals surface area contributed by atoms with Crippen LogP contribution in [0.4, 0.5) is 11.5 Å². The first-order chi connectivity index (χ1) is 12.1. The van der Waals surface area contributed by atoms with Gasteiger partial charge in [-0.25, -0.2) is 4.98 Å². The van der Waals surface area contributed by atoms with Crippen molar-refractivity contribution in [2.24, 2.45) is 0 Å². The molecule has 0 fully saturated rings. The van der Waals surface area contributed by atoms with Gasteiger partial charge in [0.05, 0.1) is 4.92 Å². The molecule has 25 heavy (non-hydrogen) atoms. The van der Waals surface area contributed by atoms with Crippen LogP contribution in [0.3, 0.4) is 0 Å². The lowest BCUT2D eigenvalue weighted by Gasteiger charge is -2.13. The molecule has 1 heterocycles. The van der Waals surface area contributed by atoms with Gasteiger partial charge in [-0.3, -0.25) is 10.1 Å². The summed E-state index contributed by atoms with van der Waals surface area (Å²) in [5, 5.41) is 16.6. The Morgan fingerprint density at radius 1 is 1.20 bits per heavy atom. The number of anilines is 1. The number of nitro groups is 1. The summed E-state index contributed by atoms with van der Waals surface area (Å²) in [5.41, 5.74) is -0.268. The Kier molecular flexibility index (Phi) is 4.74. The first kappa shape index (κ1) is 16.6. The average Bonchev–Trinajstić information content (AvgIpc) is 2.61. The quantitative estimate of drug-likeness (QED) is 0.524. The van der Waals surface area contributed by atoms with Crippen LogP contribution in [0.2, 0.25) is 0 Å². The standard InChI is InChI=1S/C18H18N4O3/c1-3-12(2)21-17-16(22(23)24)18(20-11-19-17)25-15-9-8-13-6-4-5-7-14(13)10-15/h4-12H,3H2,1-2H3,(H,19,20,21). The fraction of sp³-hybridized carbons (Fsp3) is 0.222. The zero-order valence-electron chi connectivity index (χ0n) is 14.0. The monoisotopic (exact) mass is 338 g/mol. The summed E-state index contributed by atoms with van der Waals surface area (Å²) in [6.45, 7) is 3.91. The summed E-state index contributed by atoms with van der Waals surface area (Å²) >= 11 is 0. The van der Waals surface area contributed by atoms with E-state index in [9.17, 15) is 10.1 Å². The second kappa shape index (κ2) is 7.12. The van der Waals surface area contributed by atoms with E-state index in [0.29, 0.717) is 5.75 Å². The highest BCUT2D eigenvalue weighted by Crippen LogP contribution is 2.35. The van der Waals surface area contributed by atoms with Crippen molar-refractivity contribution in [2.45, 2.75) is 26.3 Å². The average molecular weight is 338 g/mol. The first-order valence-corrected chi connectivity index (χ1v) is 8.01. The predicted molar refractivity (Wildman–Crippen MR) is 96.1 cm³/mol. The van der Waals surface area contributed by atoms with E-state index in [4.69, 9.17) is 4.74 Å². The highest BCUT2D eigenvalue weighted by Gasteiger charge is 2.25. The molecule has 0 aliphatic carbocycles. The molecule has 7 nitrogen and oxygen atoms in total. The van der Waals surface area contributed by atoms with Crippen LogP contribution in [0.5, 0.6) is 11.6 Å². The maximum absolute atomic E-state index is 11.5. The van der Waals surface area contributed by atoms with E-state index in [1.54, 1.807) is 6.07 Å². The van der Waals surface area contributed by atoms with E-state index in [1.807, 2.05) is 50.2 Å². The molecule has 0 aliphatic rings. The second-order valence-corrected chi connectivity index (χ2v) is 5.70. The van der Waals surface area contributed by atoms with E-state index in [2.05, 4.69) is 15.3 Å². The van der Waals surface area contributed by atoms with Gasteiger partial charge in [0.2, 0.25) is 5.82 Å². The molecule has 1 unspecified atom stereocenters. The Labute approximate surface area is 144 Å². The van der Waals surface area contributed by atoms with Gasteiger partial charge in [0.1, 0.15) is 12.1 Å². The topological polar surface area (TPSA) is 90.2 Å². The highest BCUT2D eigenvalue weighted by atomic mass is 16.6. The molecule has 0 radical (unpaired) electrons. The van der Waals surface area contributed by atoms with Crippen LogP contribution in [0.1, 0.15) is 20.3 Å². The molecule has 7 heteroatoms. The maximum Gasteiger partial charge on any atom is 0.373 e. The Balaban J connectivity index is 1.97. The van der Waals surface area contributed by atoms with Gasteiger partial charge in [-0.15, -0.1) is 0 Å². The van der Waals surface area contributed by atoms with Gasteiger partial charge in [-0.05, 0) is 36.2 Å². The van der Waals surface area contributed by atoms with Crippen LogP contribution in [-0.2, 0) is 0 Å². The number of nitrogens with one attached hydrogen (secondary N) is 1. The lowest BCUT2D eigenvalue weighted by atomic mass is 10.1. The van der Waals surface area contributed by atoms with E-state index in [0.717, 1.165) is 17.2 Å². The number of benzene rings is 2. The largest absolute Gasteiger partial charge is 0.434 e. The number of hydrogen-bond donors (Lipinski definition) is 1. The zero-order chi connectivity index (χ0) is 17.8. The van der Waals surface area contributed by atoms with Gasteiger partial charge in [0.15, 0.2) is 0 Å². The third kappa shape index (κ3) is 3.65. The molecule has 3 rings (SSSR count). The van der Waals surface area contributed by atoms with Crippen molar-refractivity contribution in [3.05, 3.63) is 58.9 Å². The number of aromatic nitrogens is 2. The number of ether oxygens (including phenoxy) is 1. The van der Waals surface area contributed by atoms with Crippen molar-refractivity contribution in [3.8, 4) is 11.6 Å². The Bertz CT molecular complexity index is 914. The van der Waals surface area contributed by atoms with E-state index in [1.165, 1.54) is 6.33 Å². The van der Waals surface area contributed by atoms with Gasteiger partial charge in [-0.1, -0.05) is 37.3 Å². The van der Waals surface area contributed by atoms with Gasteiger partial charge in [-0.2, -0.15) is 4.98 Å². The van der Waals surface area contributed by atoms with Crippen molar-refractivity contribution in [1.29, 1.82) is 0 Å². The molecule has 1 N–H and O–H groups in total. The second-order valence-electron chi connectivity index (χ2n) is 5.70. The molecular weight excluding hydrogens is 320 g/mol. The predicted octanol–water partition coefficient (Wildman–Crippen LogP) is 4.54. The van der Waals surface area contributed by atoms with E-state index < -0.39 is 4.92 Å². The molecule has 128 valence electrons. The molecular formula is C18H18N4O3. The normalized spacial score (nSPS) is 11.9. The van der Waals surface area contributed by atoms with Crippen molar-refractivity contribution in [1.82, 2.24) is 9.97 Å². The summed E-state index contributed by atoms with van der Waals surface area (Å²) in [7, 11) is 0. The van der Waals surface area contributed by atoms with Crippen LogP contribution in [0.25, 0.3) is 10.8 Å². The lowest BCUT2D eigenvalue weighted by Crippen LogP contribution is -2.16. The number of nitrogens with zero attached hydrogens (tertiary/aromatic N) is 3. The summed E-state index contributed by atoms with van der Waals surface area (Å²) in [6.07, 6.45) is 2.07. The molecule has 0 saturated heterocycles. The summed E-state index contributed by atoms with van der Waals surface area (Å²) in [4.78, 5) is 18.9. The zero-order valence-corrected chi connectivity index (χ0v) is 14.0. The smallest absolute Gasteiger partial charge is 0.373 e. The van der Waals surface area contributed by atoms with Crippen LogP contribution in [0, 0.1) is 10.1 Å². The Morgan fingerprint density at radius 3 is 2.68 bits per heavy atom. The van der Waals surface area contributed by atoms with E-state index in [-0.39, 0.29) is 23.4 Å². The Morgan fingerprint density at radius 2 is 1.96 bits per heavy atom. The van der Waals surface area contributed by atoms with Crippen LogP contribution in [-0.4, -0.2) is 20.9 Å². The number of fused-ring (bicyclic) bond motifs is 1. The van der Waals surface area contributed by atoms with Gasteiger partial charge < -0.3 is 10.1 Å². The van der Waals surface area contributed by atoms with Gasteiger partial charge >= 0.3 is 11.6 Å². The van der Waals surface area contributed by atoms with Gasteiger partial charge in [0.25, 0.3) is 0 Å². The molecule has 0 saturated carbocycles. The molecule has 2 aromatic carbocycles. The van der Waals surface area contributed by atoms with Crippen LogP contribution in [0.15, 0.2) is 48.8 Å². The molecule has 0 bridgehead atoms. The summed E-state index contributed by atoms with van der Waals surface area (Å²) in [6, 6.07) is 13.3. The van der Waals surface area contributed by atoms with Crippen molar-refractivity contribution in [2.75, 3.05) is 5.32 Å². The van der Waals surface area contributed by atoms with Crippen LogP contribution >= 0.6 is 0 Å². The molecule has 3 aromatic rings.